The van der Waals surface area contributed by atoms with Crippen LogP contribution in [0.3, 0.4) is 0 Å². The van der Waals surface area contributed by atoms with Crippen LogP contribution in [0.5, 0.6) is 0 Å². The topological polar surface area (TPSA) is 61.4 Å². The Balaban J connectivity index is 1.93. The fraction of sp³-hybridized carbons (Fsp3) is 0.0588. The maximum absolute atomic E-state index is 4.70. The Kier molecular flexibility index (Phi) is 3.20. The summed E-state index contributed by atoms with van der Waals surface area (Å²) in [6, 6.07) is 16.1. The summed E-state index contributed by atoms with van der Waals surface area (Å²) in [7, 11) is 2.01. The molecule has 0 saturated heterocycles. The van der Waals surface area contributed by atoms with Gasteiger partial charge in [0.25, 0.3) is 0 Å². The summed E-state index contributed by atoms with van der Waals surface area (Å²) in [6.45, 7) is 0. The van der Waals surface area contributed by atoms with Gasteiger partial charge in [-0.25, -0.2) is 19.6 Å². The molecule has 0 aliphatic rings. The van der Waals surface area contributed by atoms with E-state index in [4.69, 9.17) is 5.10 Å². The number of rotatable bonds is 3. The van der Waals surface area contributed by atoms with Crippen LogP contribution in [0.2, 0.25) is 0 Å². The molecule has 0 unspecified atom stereocenters. The highest BCUT2D eigenvalue weighted by Crippen LogP contribution is 2.27. The number of para-hydroxylation sites is 1. The van der Waals surface area contributed by atoms with Crippen molar-refractivity contribution in [3.63, 3.8) is 0 Å². The number of benzene rings is 1. The van der Waals surface area contributed by atoms with Gasteiger partial charge in [0.2, 0.25) is 0 Å². The third-order valence-corrected chi connectivity index (χ3v) is 3.64. The zero-order valence-corrected chi connectivity index (χ0v) is 12.5. The first-order valence-electron chi connectivity index (χ1n) is 7.22. The zero-order chi connectivity index (χ0) is 15.6. The van der Waals surface area contributed by atoms with E-state index < -0.39 is 0 Å². The Morgan fingerprint density at radius 1 is 0.870 bits per heavy atom. The average molecular weight is 302 g/mol. The first-order chi connectivity index (χ1) is 11.3. The standard InChI is InChI=1S/C17H14N6/c1-22-9-5-8-15(22)16-10-14(17-19-11-18-12-20-17)21-23(16)13-6-3-2-4-7-13/h2-12H,1H3. The quantitative estimate of drug-likeness (QED) is 0.584. The molecular formula is C17H14N6. The normalized spacial score (nSPS) is 10.8. The highest BCUT2D eigenvalue weighted by atomic mass is 15.3. The van der Waals surface area contributed by atoms with Gasteiger partial charge in [-0.05, 0) is 30.3 Å². The van der Waals surface area contributed by atoms with E-state index in [0.29, 0.717) is 11.5 Å². The van der Waals surface area contributed by atoms with Crippen LogP contribution >= 0.6 is 0 Å². The maximum Gasteiger partial charge on any atom is 0.183 e. The largest absolute Gasteiger partial charge is 0.349 e. The van der Waals surface area contributed by atoms with Gasteiger partial charge in [0.15, 0.2) is 5.82 Å². The predicted octanol–water partition coefficient (Wildman–Crippen LogP) is 2.73. The smallest absolute Gasteiger partial charge is 0.183 e. The van der Waals surface area contributed by atoms with Crippen molar-refractivity contribution in [3.8, 4) is 28.6 Å². The Labute approximate surface area is 133 Å². The first-order valence-corrected chi connectivity index (χ1v) is 7.22. The Hall–Kier alpha value is -3.28. The molecule has 0 amide bonds. The van der Waals surface area contributed by atoms with E-state index in [1.807, 2.05) is 60.4 Å². The molecule has 4 rings (SSSR count). The molecule has 4 aromatic rings. The van der Waals surface area contributed by atoms with Gasteiger partial charge in [-0.15, -0.1) is 0 Å². The van der Waals surface area contributed by atoms with Crippen molar-refractivity contribution in [2.24, 2.45) is 7.05 Å². The molecule has 1 aromatic carbocycles. The lowest BCUT2D eigenvalue weighted by atomic mass is 10.2. The lowest BCUT2D eigenvalue weighted by Gasteiger charge is -2.08. The second-order valence-electron chi connectivity index (χ2n) is 5.13. The molecule has 0 saturated carbocycles. The average Bonchev–Trinajstić information content (AvgIpc) is 3.22. The molecular weight excluding hydrogens is 288 g/mol. The molecule has 0 fully saturated rings. The van der Waals surface area contributed by atoms with Gasteiger partial charge in [0, 0.05) is 13.2 Å². The molecule has 3 aromatic heterocycles. The number of aromatic nitrogens is 6. The van der Waals surface area contributed by atoms with E-state index in [1.165, 1.54) is 12.7 Å². The molecule has 0 atom stereocenters. The van der Waals surface area contributed by atoms with Crippen LogP contribution < -0.4 is 0 Å². The molecule has 6 heteroatoms. The predicted molar refractivity (Wildman–Crippen MR) is 86.8 cm³/mol. The van der Waals surface area contributed by atoms with Crippen molar-refractivity contribution in [3.05, 3.63) is 67.4 Å². The minimum Gasteiger partial charge on any atom is -0.349 e. The third kappa shape index (κ3) is 2.40. The molecule has 3 heterocycles. The second kappa shape index (κ2) is 5.49. The molecule has 0 bridgehead atoms. The van der Waals surface area contributed by atoms with Gasteiger partial charge in [-0.3, -0.25) is 0 Å². The summed E-state index contributed by atoms with van der Waals surface area (Å²) in [5, 5.41) is 4.70. The van der Waals surface area contributed by atoms with Crippen molar-refractivity contribution in [2.75, 3.05) is 0 Å². The monoisotopic (exact) mass is 302 g/mol. The Morgan fingerprint density at radius 2 is 1.65 bits per heavy atom. The maximum atomic E-state index is 4.70. The first kappa shape index (κ1) is 13.4. The number of hydrogen-bond donors (Lipinski definition) is 0. The SMILES string of the molecule is Cn1cccc1-c1cc(-c2ncncn2)nn1-c1ccccc1. The van der Waals surface area contributed by atoms with Gasteiger partial charge < -0.3 is 4.57 Å². The van der Waals surface area contributed by atoms with Gasteiger partial charge >= 0.3 is 0 Å². The summed E-state index contributed by atoms with van der Waals surface area (Å²) in [5.74, 6) is 0.560. The van der Waals surface area contributed by atoms with Crippen molar-refractivity contribution < 1.29 is 0 Å². The summed E-state index contributed by atoms with van der Waals surface area (Å²) in [4.78, 5) is 12.3. The minimum absolute atomic E-state index is 0.560. The molecule has 0 aliphatic carbocycles. The lowest BCUT2D eigenvalue weighted by molar-refractivity contribution is 0.860. The van der Waals surface area contributed by atoms with E-state index in [9.17, 15) is 0 Å². The molecule has 23 heavy (non-hydrogen) atoms. The van der Waals surface area contributed by atoms with E-state index in [0.717, 1.165) is 17.1 Å². The molecule has 6 nitrogen and oxygen atoms in total. The van der Waals surface area contributed by atoms with Crippen LogP contribution in [0.1, 0.15) is 0 Å². The summed E-state index contributed by atoms with van der Waals surface area (Å²) in [6.07, 6.45) is 4.97. The summed E-state index contributed by atoms with van der Waals surface area (Å²) in [5.41, 5.74) is 3.76. The highest BCUT2D eigenvalue weighted by Gasteiger charge is 2.15. The van der Waals surface area contributed by atoms with Crippen LogP contribution in [-0.2, 0) is 7.05 Å². The number of nitrogens with zero attached hydrogens (tertiary/aromatic N) is 6. The van der Waals surface area contributed by atoms with Crippen LogP contribution in [0.25, 0.3) is 28.6 Å². The molecule has 0 spiro atoms. The number of aryl methyl sites for hydroxylation is 1. The van der Waals surface area contributed by atoms with E-state index >= 15 is 0 Å². The molecule has 0 N–H and O–H groups in total. The fourth-order valence-electron chi connectivity index (χ4n) is 2.54. The second-order valence-corrected chi connectivity index (χ2v) is 5.13. The summed E-state index contributed by atoms with van der Waals surface area (Å²) >= 11 is 0. The third-order valence-electron chi connectivity index (χ3n) is 3.64. The van der Waals surface area contributed by atoms with E-state index in [1.54, 1.807) is 0 Å². The fourth-order valence-corrected chi connectivity index (χ4v) is 2.54. The van der Waals surface area contributed by atoms with Crippen LogP contribution in [0, 0.1) is 0 Å². The lowest BCUT2D eigenvalue weighted by Crippen LogP contribution is -2.01. The molecule has 0 aliphatic heterocycles. The van der Waals surface area contributed by atoms with Gasteiger partial charge in [0.05, 0.1) is 17.1 Å². The van der Waals surface area contributed by atoms with Gasteiger partial charge in [0.1, 0.15) is 18.3 Å². The van der Waals surface area contributed by atoms with Crippen LogP contribution in [-0.4, -0.2) is 29.3 Å². The van der Waals surface area contributed by atoms with Crippen molar-refractivity contribution in [2.45, 2.75) is 0 Å². The Bertz CT molecular complexity index is 924. The van der Waals surface area contributed by atoms with Crippen LogP contribution in [0.4, 0.5) is 0 Å². The van der Waals surface area contributed by atoms with E-state index in [-0.39, 0.29) is 0 Å². The van der Waals surface area contributed by atoms with Gasteiger partial charge in [-0.1, -0.05) is 18.2 Å². The Morgan fingerprint density at radius 3 is 2.35 bits per heavy atom. The van der Waals surface area contributed by atoms with Crippen LogP contribution in [0.15, 0.2) is 67.4 Å². The van der Waals surface area contributed by atoms with Gasteiger partial charge in [-0.2, -0.15) is 5.10 Å². The van der Waals surface area contributed by atoms with Crippen molar-refractivity contribution in [1.29, 1.82) is 0 Å². The summed E-state index contributed by atoms with van der Waals surface area (Å²) < 4.78 is 3.97. The zero-order valence-electron chi connectivity index (χ0n) is 12.5. The van der Waals surface area contributed by atoms with Crippen molar-refractivity contribution in [1.82, 2.24) is 29.3 Å². The van der Waals surface area contributed by atoms with E-state index in [2.05, 4.69) is 25.6 Å². The highest BCUT2D eigenvalue weighted by molar-refractivity contribution is 5.65. The minimum atomic E-state index is 0.560. The van der Waals surface area contributed by atoms with Crippen molar-refractivity contribution >= 4 is 0 Å². The number of hydrogen-bond acceptors (Lipinski definition) is 4. The molecule has 112 valence electrons. The molecule has 0 radical (unpaired) electrons.